The minimum absolute atomic E-state index is 0.0312. The number of alkyl carbamates (subject to hydrolysis) is 1. The molecule has 1 saturated heterocycles. The number of benzene rings is 3. The lowest BCUT2D eigenvalue weighted by Crippen LogP contribution is -2.41. The summed E-state index contributed by atoms with van der Waals surface area (Å²) in [6.07, 6.45) is 1.26. The maximum Gasteiger partial charge on any atom is 0.492 e. The van der Waals surface area contributed by atoms with Gasteiger partial charge < -0.3 is 19.4 Å². The van der Waals surface area contributed by atoms with Crippen molar-refractivity contribution in [3.05, 3.63) is 97.9 Å². The van der Waals surface area contributed by atoms with Crippen LogP contribution < -0.4 is 5.32 Å². The van der Waals surface area contributed by atoms with Crippen molar-refractivity contribution in [2.24, 2.45) is 0 Å². The largest absolute Gasteiger partial charge is 0.492 e. The van der Waals surface area contributed by atoms with E-state index in [1.165, 1.54) is 11.1 Å². The van der Waals surface area contributed by atoms with Gasteiger partial charge in [0, 0.05) is 17.5 Å². The second-order valence-corrected chi connectivity index (χ2v) is 12.0. The number of hydrogen-bond acceptors (Lipinski definition) is 4. The smallest absolute Gasteiger partial charge is 0.449 e. The Labute approximate surface area is 244 Å². The van der Waals surface area contributed by atoms with Crippen LogP contribution in [0.25, 0.3) is 17.2 Å². The average Bonchev–Trinajstić information content (AvgIpc) is 3.32. The topological polar surface area (TPSA) is 56.8 Å². The van der Waals surface area contributed by atoms with Crippen molar-refractivity contribution < 1.29 is 18.8 Å². The molecule has 1 fully saturated rings. The van der Waals surface area contributed by atoms with Gasteiger partial charge in [0.1, 0.15) is 6.61 Å². The molecule has 9 heteroatoms. The van der Waals surface area contributed by atoms with Crippen LogP contribution in [0.3, 0.4) is 0 Å². The average molecular weight is 585 g/mol. The lowest BCUT2D eigenvalue weighted by molar-refractivity contribution is 0.00578. The van der Waals surface area contributed by atoms with E-state index in [2.05, 4.69) is 29.6 Å². The fourth-order valence-corrected chi connectivity index (χ4v) is 5.48. The van der Waals surface area contributed by atoms with Crippen LogP contribution >= 0.6 is 34.8 Å². The summed E-state index contributed by atoms with van der Waals surface area (Å²) in [5.74, 6) is -0.0312. The van der Waals surface area contributed by atoms with Gasteiger partial charge in [-0.1, -0.05) is 89.4 Å². The zero-order valence-corrected chi connectivity index (χ0v) is 24.5. The SMILES string of the molecule is CC1(C)OB(C(=Cc2cc(Cl)c(Cl)cc2Cl)CNC(=O)OCC2c3ccccc3-c3ccccc32)OC1(C)C. The molecule has 0 unspecified atom stereocenters. The van der Waals surface area contributed by atoms with Gasteiger partial charge in [-0.2, -0.15) is 0 Å². The van der Waals surface area contributed by atoms with E-state index in [0.29, 0.717) is 26.1 Å². The number of nitrogens with one attached hydrogen (secondary N) is 1. The van der Waals surface area contributed by atoms with Crippen molar-refractivity contribution >= 4 is 54.1 Å². The lowest BCUT2D eigenvalue weighted by Gasteiger charge is -2.32. The van der Waals surface area contributed by atoms with E-state index in [4.69, 9.17) is 48.8 Å². The van der Waals surface area contributed by atoms with E-state index in [1.807, 2.05) is 52.0 Å². The van der Waals surface area contributed by atoms with E-state index in [9.17, 15) is 4.79 Å². The Morgan fingerprint density at radius 3 is 2.03 bits per heavy atom. The van der Waals surface area contributed by atoms with Crippen molar-refractivity contribution in [1.82, 2.24) is 5.32 Å². The molecule has 0 bridgehead atoms. The molecular formula is C30H29BCl3NO4. The first-order valence-corrected chi connectivity index (χ1v) is 13.9. The fraction of sp³-hybridized carbons (Fsp3) is 0.300. The first-order valence-electron chi connectivity index (χ1n) is 12.8. The highest BCUT2D eigenvalue weighted by atomic mass is 35.5. The number of rotatable bonds is 6. The van der Waals surface area contributed by atoms with Crippen molar-refractivity contribution in [1.29, 1.82) is 0 Å². The van der Waals surface area contributed by atoms with Crippen LogP contribution in [0.15, 0.2) is 66.1 Å². The summed E-state index contributed by atoms with van der Waals surface area (Å²) < 4.78 is 18.2. The number of hydrogen-bond donors (Lipinski definition) is 1. The third kappa shape index (κ3) is 5.59. The molecular weight excluding hydrogens is 556 g/mol. The van der Waals surface area contributed by atoms with Gasteiger partial charge in [-0.25, -0.2) is 4.79 Å². The Bertz CT molecular complexity index is 1390. The molecule has 0 aromatic heterocycles. The van der Waals surface area contributed by atoms with Crippen LogP contribution in [0.4, 0.5) is 4.79 Å². The summed E-state index contributed by atoms with van der Waals surface area (Å²) in [6.45, 7) is 8.20. The standard InChI is InChI=1S/C30H29BCl3NO4/c1-29(2)30(3,4)39-31(38-29)19(13-18-14-26(33)27(34)15-25(18)32)16-35-28(36)37-17-24-22-11-7-5-9-20(22)21-10-6-8-12-23(21)24/h5-15,24H,16-17H2,1-4H3,(H,35,36). The first kappa shape index (κ1) is 28.1. The molecule has 0 atom stereocenters. The van der Waals surface area contributed by atoms with Gasteiger partial charge in [0.2, 0.25) is 0 Å². The van der Waals surface area contributed by atoms with Gasteiger partial charge in [-0.15, -0.1) is 0 Å². The summed E-state index contributed by atoms with van der Waals surface area (Å²) in [7, 11) is -0.714. The second kappa shape index (κ2) is 10.8. The molecule has 202 valence electrons. The summed E-state index contributed by atoms with van der Waals surface area (Å²) in [4.78, 5) is 12.9. The number of carbonyl (C=O) groups excluding carboxylic acids is 1. The van der Waals surface area contributed by atoms with Crippen LogP contribution in [0.2, 0.25) is 15.1 Å². The van der Waals surface area contributed by atoms with Crippen LogP contribution in [0.5, 0.6) is 0 Å². The van der Waals surface area contributed by atoms with Crippen molar-refractivity contribution in [2.75, 3.05) is 13.2 Å². The monoisotopic (exact) mass is 583 g/mol. The summed E-state index contributed by atoms with van der Waals surface area (Å²) in [5.41, 5.74) is 4.80. The Hall–Kier alpha value is -2.48. The molecule has 1 aliphatic carbocycles. The minimum Gasteiger partial charge on any atom is -0.449 e. The van der Waals surface area contributed by atoms with Gasteiger partial charge in [-0.3, -0.25) is 0 Å². The maximum atomic E-state index is 12.9. The van der Waals surface area contributed by atoms with Gasteiger partial charge in [0.05, 0.1) is 21.2 Å². The molecule has 1 heterocycles. The molecule has 3 aromatic carbocycles. The molecule has 5 nitrogen and oxygen atoms in total. The van der Waals surface area contributed by atoms with Gasteiger partial charge >= 0.3 is 13.2 Å². The molecule has 0 spiro atoms. The predicted octanol–water partition coefficient (Wildman–Crippen LogP) is 8.20. The zero-order valence-electron chi connectivity index (χ0n) is 22.2. The quantitative estimate of drug-likeness (QED) is 0.234. The number of ether oxygens (including phenoxy) is 1. The normalized spacial score (nSPS) is 17.6. The predicted molar refractivity (Wildman–Crippen MR) is 159 cm³/mol. The van der Waals surface area contributed by atoms with Gasteiger partial charge in [-0.05, 0) is 73.1 Å². The molecule has 1 aliphatic heterocycles. The van der Waals surface area contributed by atoms with E-state index >= 15 is 0 Å². The Morgan fingerprint density at radius 1 is 0.897 bits per heavy atom. The zero-order chi connectivity index (χ0) is 27.9. The van der Waals surface area contributed by atoms with E-state index in [-0.39, 0.29) is 19.1 Å². The summed E-state index contributed by atoms with van der Waals surface area (Å²) in [6, 6.07) is 19.7. The maximum absolute atomic E-state index is 12.9. The van der Waals surface area contributed by atoms with Crippen molar-refractivity contribution in [3.8, 4) is 11.1 Å². The summed E-state index contributed by atoms with van der Waals surface area (Å²) in [5, 5.41) is 4.00. The third-order valence-corrected chi connectivity index (χ3v) is 8.77. The molecule has 1 amide bonds. The van der Waals surface area contributed by atoms with Crippen LogP contribution in [-0.4, -0.2) is 37.6 Å². The Morgan fingerprint density at radius 2 is 1.44 bits per heavy atom. The molecule has 39 heavy (non-hydrogen) atoms. The highest BCUT2D eigenvalue weighted by molar-refractivity contribution is 6.56. The summed E-state index contributed by atoms with van der Waals surface area (Å²) >= 11 is 18.8. The van der Waals surface area contributed by atoms with E-state index in [0.717, 1.165) is 11.1 Å². The molecule has 5 rings (SSSR count). The number of halogens is 3. The number of carbonyl (C=O) groups is 1. The van der Waals surface area contributed by atoms with Crippen LogP contribution in [0, 0.1) is 0 Å². The number of amides is 1. The first-order chi connectivity index (χ1) is 18.5. The highest BCUT2D eigenvalue weighted by Gasteiger charge is 2.52. The van der Waals surface area contributed by atoms with Crippen molar-refractivity contribution in [2.45, 2.75) is 44.8 Å². The van der Waals surface area contributed by atoms with Crippen LogP contribution in [-0.2, 0) is 14.0 Å². The van der Waals surface area contributed by atoms with E-state index in [1.54, 1.807) is 18.2 Å². The highest BCUT2D eigenvalue weighted by Crippen LogP contribution is 2.44. The van der Waals surface area contributed by atoms with E-state index < -0.39 is 24.4 Å². The third-order valence-electron chi connectivity index (χ3n) is 7.72. The minimum atomic E-state index is -0.714. The fourth-order valence-electron chi connectivity index (χ4n) is 4.87. The molecule has 3 aromatic rings. The molecule has 1 N–H and O–H groups in total. The lowest BCUT2D eigenvalue weighted by atomic mass is 9.77. The Kier molecular flexibility index (Phi) is 7.80. The molecule has 0 radical (unpaired) electrons. The van der Waals surface area contributed by atoms with Gasteiger partial charge in [0.15, 0.2) is 0 Å². The van der Waals surface area contributed by atoms with Crippen molar-refractivity contribution in [3.63, 3.8) is 0 Å². The Balaban J connectivity index is 1.33. The number of fused-ring (bicyclic) bond motifs is 3. The van der Waals surface area contributed by atoms with Crippen LogP contribution in [0.1, 0.15) is 50.3 Å². The second-order valence-electron chi connectivity index (χ2n) is 10.8. The van der Waals surface area contributed by atoms with Gasteiger partial charge in [0.25, 0.3) is 0 Å². The molecule has 2 aliphatic rings. The molecule has 0 saturated carbocycles.